The molecule has 0 heterocycles. The van der Waals surface area contributed by atoms with E-state index in [4.69, 9.17) is 10.5 Å². The Bertz CT molecular complexity index is 265. The maximum absolute atomic E-state index is 5.76. The Morgan fingerprint density at radius 1 is 1.21 bits per heavy atom. The maximum Gasteiger partial charge on any atom is 0.0731 e. The summed E-state index contributed by atoms with van der Waals surface area (Å²) < 4.78 is 5.65. The fourth-order valence-electron chi connectivity index (χ4n) is 1.48. The highest BCUT2D eigenvalue weighted by atomic mass is 35.5. The molecule has 14 heavy (non-hydrogen) atoms. The molecule has 2 nitrogen and oxygen atoms in total. The van der Waals surface area contributed by atoms with Gasteiger partial charge in [0.05, 0.1) is 12.7 Å². The van der Waals surface area contributed by atoms with E-state index in [0.717, 1.165) is 12.8 Å². The molecule has 2 N–H and O–H groups in total. The predicted octanol–water partition coefficient (Wildman–Crippen LogP) is 2.11. The van der Waals surface area contributed by atoms with Gasteiger partial charge in [0.2, 0.25) is 0 Å². The first kappa shape index (κ1) is 11.5. The molecular weight excluding hydrogens is 198 g/mol. The maximum atomic E-state index is 5.76. The zero-order chi connectivity index (χ0) is 9.10. The van der Waals surface area contributed by atoms with Crippen LogP contribution in [0.5, 0.6) is 0 Å². The van der Waals surface area contributed by atoms with Crippen LogP contribution in [0.25, 0.3) is 0 Å². The van der Waals surface area contributed by atoms with Gasteiger partial charge in [-0.2, -0.15) is 0 Å². The molecule has 0 aliphatic heterocycles. The summed E-state index contributed by atoms with van der Waals surface area (Å²) >= 11 is 0. The van der Waals surface area contributed by atoms with Gasteiger partial charge in [0.1, 0.15) is 0 Å². The quantitative estimate of drug-likeness (QED) is 0.835. The first-order chi connectivity index (χ1) is 6.36. The minimum atomic E-state index is 0. The number of halogens is 1. The van der Waals surface area contributed by atoms with Crippen LogP contribution in [-0.2, 0) is 11.3 Å². The number of hydrogen-bond acceptors (Lipinski definition) is 2. The van der Waals surface area contributed by atoms with E-state index in [0.29, 0.717) is 12.7 Å². The number of hydrogen-bond donors (Lipinski definition) is 1. The third-order valence-electron chi connectivity index (χ3n) is 2.57. The standard InChI is InChI=1S/C11H15NO.ClH/c12-10-6-7-11(10)13-8-9-4-2-1-3-5-9;/h1-5,10-11H,6-8,12H2;1H/t10-,11-;/m1./s1. The van der Waals surface area contributed by atoms with Gasteiger partial charge >= 0.3 is 0 Å². The second-order valence-corrected chi connectivity index (χ2v) is 3.58. The molecule has 1 aliphatic rings. The van der Waals surface area contributed by atoms with Crippen LogP contribution in [0.3, 0.4) is 0 Å². The Labute approximate surface area is 90.9 Å². The highest BCUT2D eigenvalue weighted by Gasteiger charge is 2.27. The Morgan fingerprint density at radius 2 is 1.93 bits per heavy atom. The van der Waals surface area contributed by atoms with Crippen LogP contribution >= 0.6 is 12.4 Å². The van der Waals surface area contributed by atoms with Crippen LogP contribution < -0.4 is 5.73 Å². The third kappa shape index (κ3) is 2.71. The fraction of sp³-hybridized carbons (Fsp3) is 0.455. The largest absolute Gasteiger partial charge is 0.372 e. The second kappa shape index (κ2) is 5.35. The molecule has 0 spiro atoms. The van der Waals surface area contributed by atoms with Crippen LogP contribution in [0.2, 0.25) is 0 Å². The lowest BCUT2D eigenvalue weighted by Crippen LogP contribution is -2.45. The summed E-state index contributed by atoms with van der Waals surface area (Å²) in [5.74, 6) is 0. The molecule has 0 unspecified atom stereocenters. The minimum absolute atomic E-state index is 0. The normalized spacial score (nSPS) is 24.9. The summed E-state index contributed by atoms with van der Waals surface area (Å²) in [6.07, 6.45) is 2.52. The monoisotopic (exact) mass is 213 g/mol. The molecule has 1 fully saturated rings. The molecule has 2 atom stereocenters. The molecule has 0 bridgehead atoms. The Morgan fingerprint density at radius 3 is 2.43 bits per heavy atom. The van der Waals surface area contributed by atoms with Crippen LogP contribution in [-0.4, -0.2) is 12.1 Å². The highest BCUT2D eigenvalue weighted by molar-refractivity contribution is 5.85. The minimum Gasteiger partial charge on any atom is -0.372 e. The van der Waals surface area contributed by atoms with Gasteiger partial charge in [0, 0.05) is 6.04 Å². The van der Waals surface area contributed by atoms with Crippen molar-refractivity contribution >= 4 is 12.4 Å². The average molecular weight is 214 g/mol. The number of nitrogens with two attached hydrogens (primary N) is 1. The van der Waals surface area contributed by atoms with Crippen molar-refractivity contribution < 1.29 is 4.74 Å². The van der Waals surface area contributed by atoms with Gasteiger partial charge in [-0.05, 0) is 18.4 Å². The average Bonchev–Trinajstić information content (AvgIpc) is 2.17. The van der Waals surface area contributed by atoms with E-state index in [9.17, 15) is 0 Å². The molecule has 3 heteroatoms. The van der Waals surface area contributed by atoms with Gasteiger partial charge in [-0.1, -0.05) is 30.3 Å². The predicted molar refractivity (Wildman–Crippen MR) is 59.5 cm³/mol. The zero-order valence-corrected chi connectivity index (χ0v) is 8.87. The molecule has 1 aliphatic carbocycles. The van der Waals surface area contributed by atoms with Crippen molar-refractivity contribution in [3.05, 3.63) is 35.9 Å². The lowest BCUT2D eigenvalue weighted by atomic mass is 9.90. The van der Waals surface area contributed by atoms with Crippen molar-refractivity contribution in [2.24, 2.45) is 5.73 Å². The molecule has 2 rings (SSSR count). The van der Waals surface area contributed by atoms with Gasteiger partial charge in [-0.25, -0.2) is 0 Å². The number of ether oxygens (including phenoxy) is 1. The Hall–Kier alpha value is -0.570. The van der Waals surface area contributed by atoms with E-state index in [1.807, 2.05) is 18.2 Å². The highest BCUT2D eigenvalue weighted by Crippen LogP contribution is 2.22. The molecule has 78 valence electrons. The lowest BCUT2D eigenvalue weighted by Gasteiger charge is -2.33. The van der Waals surface area contributed by atoms with Gasteiger partial charge < -0.3 is 10.5 Å². The third-order valence-corrected chi connectivity index (χ3v) is 2.57. The molecule has 0 aromatic heterocycles. The Kier molecular flexibility index (Phi) is 4.39. The van der Waals surface area contributed by atoms with Crippen LogP contribution in [0.4, 0.5) is 0 Å². The van der Waals surface area contributed by atoms with Crippen LogP contribution in [0, 0.1) is 0 Å². The number of rotatable bonds is 3. The lowest BCUT2D eigenvalue weighted by molar-refractivity contribution is -0.0245. The molecule has 1 aromatic carbocycles. The van der Waals surface area contributed by atoms with Gasteiger partial charge in [-0.3, -0.25) is 0 Å². The van der Waals surface area contributed by atoms with Crippen LogP contribution in [0.1, 0.15) is 18.4 Å². The Balaban J connectivity index is 0.000000980. The fourth-order valence-corrected chi connectivity index (χ4v) is 1.48. The first-order valence-electron chi connectivity index (χ1n) is 4.77. The molecule has 0 radical (unpaired) electrons. The van der Waals surface area contributed by atoms with E-state index >= 15 is 0 Å². The van der Waals surface area contributed by atoms with Crippen molar-refractivity contribution in [1.82, 2.24) is 0 Å². The van der Waals surface area contributed by atoms with Crippen molar-refractivity contribution in [3.63, 3.8) is 0 Å². The van der Waals surface area contributed by atoms with E-state index < -0.39 is 0 Å². The van der Waals surface area contributed by atoms with E-state index in [-0.39, 0.29) is 18.4 Å². The summed E-state index contributed by atoms with van der Waals surface area (Å²) in [6, 6.07) is 10.5. The van der Waals surface area contributed by atoms with E-state index in [1.165, 1.54) is 5.56 Å². The SMILES string of the molecule is Cl.N[C@@H]1CC[C@H]1OCc1ccccc1. The summed E-state index contributed by atoms with van der Waals surface area (Å²) in [5, 5.41) is 0. The summed E-state index contributed by atoms with van der Waals surface area (Å²) in [5.41, 5.74) is 6.99. The van der Waals surface area contributed by atoms with Crippen molar-refractivity contribution in [3.8, 4) is 0 Å². The molecule has 0 amide bonds. The first-order valence-corrected chi connectivity index (χ1v) is 4.77. The van der Waals surface area contributed by atoms with Gasteiger partial charge in [-0.15, -0.1) is 12.4 Å². The smallest absolute Gasteiger partial charge is 0.0731 e. The van der Waals surface area contributed by atoms with E-state index in [1.54, 1.807) is 0 Å². The van der Waals surface area contributed by atoms with Crippen molar-refractivity contribution in [1.29, 1.82) is 0 Å². The van der Waals surface area contributed by atoms with Gasteiger partial charge in [0.25, 0.3) is 0 Å². The molecule has 1 saturated carbocycles. The van der Waals surface area contributed by atoms with Crippen molar-refractivity contribution in [2.75, 3.05) is 0 Å². The van der Waals surface area contributed by atoms with Crippen LogP contribution in [0.15, 0.2) is 30.3 Å². The zero-order valence-electron chi connectivity index (χ0n) is 8.06. The topological polar surface area (TPSA) is 35.2 Å². The molecule has 0 saturated heterocycles. The summed E-state index contributed by atoms with van der Waals surface area (Å²) in [6.45, 7) is 0.694. The van der Waals surface area contributed by atoms with Crippen molar-refractivity contribution in [2.45, 2.75) is 31.6 Å². The molecular formula is C11H16ClNO. The summed E-state index contributed by atoms with van der Waals surface area (Å²) in [7, 11) is 0. The number of benzene rings is 1. The molecule has 1 aromatic rings. The summed E-state index contributed by atoms with van der Waals surface area (Å²) in [4.78, 5) is 0. The van der Waals surface area contributed by atoms with Gasteiger partial charge in [0.15, 0.2) is 0 Å². The second-order valence-electron chi connectivity index (χ2n) is 3.58. The van der Waals surface area contributed by atoms with E-state index in [2.05, 4.69) is 12.1 Å².